The Hall–Kier alpha value is -5.26. The van der Waals surface area contributed by atoms with E-state index in [4.69, 9.17) is 14.2 Å². The number of hydrogen-bond donors (Lipinski definition) is 5. The second-order valence-electron chi connectivity index (χ2n) is 9.27. The van der Waals surface area contributed by atoms with E-state index in [9.17, 15) is 24.3 Å². The molecular formula is C29H30N4O8. The third kappa shape index (κ3) is 8.12. The van der Waals surface area contributed by atoms with E-state index in [1.807, 2.05) is 25.1 Å². The minimum Gasteiger partial charge on any atom is -0.484 e. The molecule has 0 saturated heterocycles. The van der Waals surface area contributed by atoms with Gasteiger partial charge < -0.3 is 40.6 Å². The Balaban J connectivity index is 1.24. The number of benzene rings is 3. The van der Waals surface area contributed by atoms with Crippen LogP contribution in [0.2, 0.25) is 0 Å². The van der Waals surface area contributed by atoms with Crippen molar-refractivity contribution in [2.45, 2.75) is 32.4 Å². The van der Waals surface area contributed by atoms with Crippen LogP contribution < -0.4 is 35.5 Å². The molecule has 0 bridgehead atoms. The van der Waals surface area contributed by atoms with E-state index in [1.165, 1.54) is 6.92 Å². The maximum Gasteiger partial charge on any atom is 0.323 e. The summed E-state index contributed by atoms with van der Waals surface area (Å²) in [5, 5.41) is 20.0. The summed E-state index contributed by atoms with van der Waals surface area (Å²) in [6.45, 7) is 3.07. The van der Waals surface area contributed by atoms with Crippen molar-refractivity contribution in [2.75, 3.05) is 24.0 Å². The largest absolute Gasteiger partial charge is 0.484 e. The van der Waals surface area contributed by atoms with E-state index < -0.39 is 35.9 Å². The lowest BCUT2D eigenvalue weighted by atomic mass is 10.0. The van der Waals surface area contributed by atoms with Gasteiger partial charge >= 0.3 is 12.0 Å². The highest BCUT2D eigenvalue weighted by atomic mass is 16.7. The Labute approximate surface area is 236 Å². The summed E-state index contributed by atoms with van der Waals surface area (Å²) in [7, 11) is 0. The van der Waals surface area contributed by atoms with Gasteiger partial charge in [0, 0.05) is 11.4 Å². The van der Waals surface area contributed by atoms with Crippen molar-refractivity contribution < 1.29 is 38.5 Å². The van der Waals surface area contributed by atoms with E-state index in [2.05, 4.69) is 21.3 Å². The monoisotopic (exact) mass is 562 g/mol. The number of carbonyl (C=O) groups excluding carboxylic acids is 3. The molecule has 2 atom stereocenters. The number of amides is 4. The minimum atomic E-state index is -1.11. The third-order valence-electron chi connectivity index (χ3n) is 6.14. The van der Waals surface area contributed by atoms with Gasteiger partial charge in [0.25, 0.3) is 5.91 Å². The number of anilines is 2. The molecular weight excluding hydrogens is 532 g/mol. The van der Waals surface area contributed by atoms with Crippen molar-refractivity contribution in [3.05, 3.63) is 77.9 Å². The predicted octanol–water partition coefficient (Wildman–Crippen LogP) is 3.58. The van der Waals surface area contributed by atoms with E-state index in [0.717, 1.165) is 5.56 Å². The van der Waals surface area contributed by atoms with Crippen LogP contribution in [0.25, 0.3) is 0 Å². The molecule has 2 unspecified atom stereocenters. The summed E-state index contributed by atoms with van der Waals surface area (Å²) in [6.07, 6.45) is -0.367. The summed E-state index contributed by atoms with van der Waals surface area (Å²) in [5.41, 5.74) is 2.68. The number of carboxylic acid groups (broad SMARTS) is 1. The first-order valence-electron chi connectivity index (χ1n) is 12.8. The highest BCUT2D eigenvalue weighted by Gasteiger charge is 2.24. The fourth-order valence-corrected chi connectivity index (χ4v) is 3.98. The van der Waals surface area contributed by atoms with Gasteiger partial charge in [-0.15, -0.1) is 0 Å². The molecule has 1 aliphatic heterocycles. The standard InChI is InChI=1S/C29H30N4O8/c1-17-5-3-4-6-22(17)33-29(38)31-20-8-10-21(11-9-20)39-15-26(34)30-18(2)28(37)32-23(14-27(35)36)19-7-12-24-25(13-19)41-16-40-24/h3-13,18,23H,14-16H2,1-2H3,(H,30,34)(H,32,37)(H,35,36)(H2,31,33,38). The van der Waals surface area contributed by atoms with Gasteiger partial charge in [0.05, 0.1) is 12.5 Å². The Morgan fingerprint density at radius 1 is 0.927 bits per heavy atom. The predicted molar refractivity (Wildman–Crippen MR) is 149 cm³/mol. The average Bonchev–Trinajstić information content (AvgIpc) is 3.41. The Morgan fingerprint density at radius 2 is 1.66 bits per heavy atom. The van der Waals surface area contributed by atoms with Crippen LogP contribution in [0.1, 0.15) is 30.5 Å². The van der Waals surface area contributed by atoms with Crippen LogP contribution in [0, 0.1) is 6.92 Å². The van der Waals surface area contributed by atoms with Crippen molar-refractivity contribution >= 4 is 35.2 Å². The number of para-hydroxylation sites is 1. The van der Waals surface area contributed by atoms with E-state index in [1.54, 1.807) is 48.5 Å². The summed E-state index contributed by atoms with van der Waals surface area (Å²) in [6, 6.07) is 16.5. The number of urea groups is 1. The maximum atomic E-state index is 12.8. The molecule has 41 heavy (non-hydrogen) atoms. The van der Waals surface area contributed by atoms with Crippen molar-refractivity contribution in [1.29, 1.82) is 0 Å². The zero-order chi connectivity index (χ0) is 29.4. The molecule has 3 aromatic rings. The van der Waals surface area contributed by atoms with E-state index >= 15 is 0 Å². The molecule has 0 aliphatic carbocycles. The first-order chi connectivity index (χ1) is 19.7. The molecule has 0 spiro atoms. The second kappa shape index (κ2) is 13.2. The lowest BCUT2D eigenvalue weighted by Crippen LogP contribution is -2.47. The van der Waals surface area contributed by atoms with Gasteiger partial charge in [-0.1, -0.05) is 24.3 Å². The number of nitrogens with one attached hydrogen (secondary N) is 4. The van der Waals surface area contributed by atoms with Gasteiger partial charge in [-0.25, -0.2) is 4.79 Å². The minimum absolute atomic E-state index is 0.0621. The molecule has 4 amide bonds. The summed E-state index contributed by atoms with van der Waals surface area (Å²) >= 11 is 0. The van der Waals surface area contributed by atoms with Crippen LogP contribution in [-0.2, 0) is 14.4 Å². The van der Waals surface area contributed by atoms with Gasteiger partial charge in [-0.2, -0.15) is 0 Å². The Morgan fingerprint density at radius 3 is 2.39 bits per heavy atom. The number of hydrogen-bond acceptors (Lipinski definition) is 7. The number of fused-ring (bicyclic) bond motifs is 1. The van der Waals surface area contributed by atoms with Gasteiger partial charge in [0.2, 0.25) is 12.7 Å². The molecule has 0 radical (unpaired) electrons. The molecule has 3 aromatic carbocycles. The van der Waals surface area contributed by atoms with Crippen LogP contribution in [0.3, 0.4) is 0 Å². The molecule has 214 valence electrons. The van der Waals surface area contributed by atoms with Crippen LogP contribution >= 0.6 is 0 Å². The Bertz CT molecular complexity index is 1430. The second-order valence-corrected chi connectivity index (χ2v) is 9.27. The lowest BCUT2D eigenvalue weighted by molar-refractivity contribution is -0.138. The molecule has 4 rings (SSSR count). The average molecular weight is 563 g/mol. The number of carbonyl (C=O) groups is 4. The van der Waals surface area contributed by atoms with E-state index in [0.29, 0.717) is 34.2 Å². The van der Waals surface area contributed by atoms with Crippen LogP contribution in [0.5, 0.6) is 17.2 Å². The van der Waals surface area contributed by atoms with Crippen molar-refractivity contribution in [3.8, 4) is 17.2 Å². The SMILES string of the molecule is Cc1ccccc1NC(=O)Nc1ccc(OCC(=O)NC(C)C(=O)NC(CC(=O)O)c2ccc3c(c2)OCO3)cc1. The van der Waals surface area contributed by atoms with Crippen LogP contribution in [0.15, 0.2) is 66.7 Å². The number of aryl methyl sites for hydroxylation is 1. The lowest BCUT2D eigenvalue weighted by Gasteiger charge is -2.21. The first-order valence-corrected chi connectivity index (χ1v) is 12.8. The number of carboxylic acids is 1. The smallest absolute Gasteiger partial charge is 0.323 e. The summed E-state index contributed by atoms with van der Waals surface area (Å²) in [5.74, 6) is -0.853. The van der Waals surface area contributed by atoms with Gasteiger partial charge in [0.1, 0.15) is 11.8 Å². The summed E-state index contributed by atoms with van der Waals surface area (Å²) in [4.78, 5) is 48.8. The Kier molecular flexibility index (Phi) is 9.25. The molecule has 0 saturated carbocycles. The number of ether oxygens (including phenoxy) is 3. The quantitative estimate of drug-likeness (QED) is 0.237. The van der Waals surface area contributed by atoms with Gasteiger partial charge in [-0.05, 0) is 67.4 Å². The van der Waals surface area contributed by atoms with Crippen LogP contribution in [-0.4, -0.2) is 48.4 Å². The zero-order valence-corrected chi connectivity index (χ0v) is 22.4. The fourth-order valence-electron chi connectivity index (χ4n) is 3.98. The highest BCUT2D eigenvalue weighted by Crippen LogP contribution is 2.34. The number of aliphatic carboxylic acids is 1. The topological polar surface area (TPSA) is 164 Å². The van der Waals surface area contributed by atoms with Gasteiger partial charge in [0.15, 0.2) is 18.1 Å². The van der Waals surface area contributed by atoms with Crippen LogP contribution in [0.4, 0.5) is 16.2 Å². The number of rotatable bonds is 11. The third-order valence-corrected chi connectivity index (χ3v) is 6.14. The normalized spacial score (nSPS) is 12.9. The zero-order valence-electron chi connectivity index (χ0n) is 22.4. The summed E-state index contributed by atoms with van der Waals surface area (Å²) < 4.78 is 16.1. The first kappa shape index (κ1) is 28.7. The fraction of sp³-hybridized carbons (Fsp3) is 0.241. The van der Waals surface area contributed by atoms with Crippen molar-refractivity contribution in [1.82, 2.24) is 10.6 Å². The molecule has 12 heteroatoms. The molecule has 0 aromatic heterocycles. The molecule has 1 aliphatic rings. The molecule has 0 fully saturated rings. The highest BCUT2D eigenvalue weighted by molar-refractivity contribution is 6.00. The molecule has 1 heterocycles. The van der Waals surface area contributed by atoms with Crippen molar-refractivity contribution in [2.24, 2.45) is 0 Å². The molecule has 5 N–H and O–H groups in total. The maximum absolute atomic E-state index is 12.8. The molecule has 12 nitrogen and oxygen atoms in total. The van der Waals surface area contributed by atoms with E-state index in [-0.39, 0.29) is 19.8 Å². The van der Waals surface area contributed by atoms with Gasteiger partial charge in [-0.3, -0.25) is 14.4 Å². The van der Waals surface area contributed by atoms with Crippen molar-refractivity contribution in [3.63, 3.8) is 0 Å².